The maximum atomic E-state index is 11.3. The summed E-state index contributed by atoms with van der Waals surface area (Å²) in [5, 5.41) is 60.9. The lowest BCUT2D eigenvalue weighted by molar-refractivity contribution is -0.144. The number of fused-ring (bicyclic) bond motifs is 4. The number of terminal acetylenes is 1. The maximum absolute atomic E-state index is 11.3. The van der Waals surface area contributed by atoms with E-state index in [1.54, 1.807) is 0 Å². The number of aromatic nitrogens is 12. The third kappa shape index (κ3) is 12.5. The molecule has 8 aromatic rings. The van der Waals surface area contributed by atoms with Crippen LogP contribution in [0, 0.1) is 50.3 Å². The third-order valence-electron chi connectivity index (χ3n) is 16.9. The second-order valence-electron chi connectivity index (χ2n) is 22.2. The van der Waals surface area contributed by atoms with Gasteiger partial charge in [0.15, 0.2) is 23.3 Å². The predicted molar refractivity (Wildman–Crippen MR) is 359 cm³/mol. The highest BCUT2D eigenvalue weighted by atomic mass is 127. The molecule has 4 saturated heterocycles. The molecule has 0 amide bonds. The van der Waals surface area contributed by atoms with Crippen molar-refractivity contribution in [3.05, 3.63) is 64.4 Å². The fourth-order valence-corrected chi connectivity index (χ4v) is 15.1. The monoisotopic (exact) mass is 1670 g/mol. The standard InChI is InChI=1S/C15H21IN4O3S.C14H15IN4O2.C13H17IN4O3.C13H15IN4O3/c1-9-4-11(23-15(9,6-21)7-22)20-5-10(16)12-13(19-24(2)3)17-8-18-14(12)20;1-3-14(6-20)8(2)4-10(21-14)19-5-9(15)11-12(16)17-7-18-13(11)19;2*1-7-2-9(21-13(7,4-19)5-20)18-3-8(14)10-11(15)16-6-17-12(10)18/h5,8-9,11,21-22H,4,6-7H2,1-3H3;1,5,7-8,10,20H,4,6H2,2H3,(H2,16,17,18);3,6-7,9,19-20H,2,4-5H2,1H3,(H2,15,16,17);3-4,6-7,9,20H,2,5H2,1H3,(H2,15,16,17)/t9-,11+;8-,10+,14+;7-,9+;7-,9+,13+/m0000/s1. The van der Waals surface area contributed by atoms with Gasteiger partial charge in [0, 0.05) is 45.0 Å². The van der Waals surface area contributed by atoms with Crippen LogP contribution in [-0.4, -0.2) is 170 Å². The molecule has 0 radical (unpaired) electrons. The number of nitrogen functional groups attached to an aromatic ring is 3. The van der Waals surface area contributed by atoms with Crippen molar-refractivity contribution in [2.45, 2.75) is 101 Å². The van der Waals surface area contributed by atoms with Crippen LogP contribution < -0.4 is 17.2 Å². The minimum absolute atomic E-state index is 0.0341. The number of rotatable bonds is 12. The minimum atomic E-state index is -1.15. The van der Waals surface area contributed by atoms with E-state index in [9.17, 15) is 35.4 Å². The van der Waals surface area contributed by atoms with Crippen LogP contribution in [0.15, 0.2) is 54.5 Å². The Hall–Kier alpha value is -4.22. The zero-order valence-electron chi connectivity index (χ0n) is 48.2. The van der Waals surface area contributed by atoms with Gasteiger partial charge in [-0.25, -0.2) is 44.2 Å². The number of anilines is 3. The zero-order valence-corrected chi connectivity index (χ0v) is 57.6. The molecule has 8 aromatic heterocycles. The van der Waals surface area contributed by atoms with Gasteiger partial charge in [-0.05, 0) is 146 Å². The van der Waals surface area contributed by atoms with Gasteiger partial charge in [-0.2, -0.15) is 0 Å². The van der Waals surface area contributed by atoms with Gasteiger partial charge < -0.3 is 89.9 Å². The van der Waals surface area contributed by atoms with Crippen molar-refractivity contribution < 1.29 is 54.4 Å². The van der Waals surface area contributed by atoms with Gasteiger partial charge in [0.25, 0.3) is 0 Å². The summed E-state index contributed by atoms with van der Waals surface area (Å²) >= 11 is 8.81. The Morgan fingerprint density at radius 2 is 0.885 bits per heavy atom. The fourth-order valence-electron chi connectivity index (χ4n) is 11.4. The fraction of sp³-hybridized carbons (Fsp3) is 0.509. The van der Waals surface area contributed by atoms with Crippen LogP contribution >= 0.6 is 90.4 Å². The van der Waals surface area contributed by atoms with E-state index in [0.29, 0.717) is 66.5 Å². The second kappa shape index (κ2) is 27.3. The summed E-state index contributed by atoms with van der Waals surface area (Å²) in [4.78, 5) is 45.0. The van der Waals surface area contributed by atoms with Gasteiger partial charge in [-0.15, -0.1) is 6.42 Å². The van der Waals surface area contributed by atoms with Crippen molar-refractivity contribution in [2.75, 3.05) is 69.4 Å². The van der Waals surface area contributed by atoms with E-state index < -0.39 is 22.4 Å². The molecule has 4 aliphatic rings. The van der Waals surface area contributed by atoms with Gasteiger partial charge in [0.1, 0.15) is 101 Å². The second-order valence-corrected chi connectivity index (χ2v) is 28.6. The Morgan fingerprint density at radius 3 is 1.21 bits per heavy atom. The van der Waals surface area contributed by atoms with Crippen LogP contribution in [0.4, 0.5) is 23.3 Å². The molecule has 12 rings (SSSR count). The van der Waals surface area contributed by atoms with E-state index in [4.69, 9.17) is 42.6 Å². The summed E-state index contributed by atoms with van der Waals surface area (Å²) in [5.74, 6) is 4.62. The molecule has 12 N–H and O–H groups in total. The first kappa shape index (κ1) is 67.2. The molecule has 0 spiro atoms. The average molecular weight is 1670 g/mol. The molecule has 0 bridgehead atoms. The molecule has 4 aliphatic heterocycles. The smallest absolute Gasteiger partial charge is 0.172 e. The number of hydrogen-bond donors (Lipinski definition) is 9. The van der Waals surface area contributed by atoms with Crippen molar-refractivity contribution in [1.29, 1.82) is 0 Å². The Morgan fingerprint density at radius 1 is 0.540 bits per heavy atom. The van der Waals surface area contributed by atoms with E-state index in [2.05, 4.69) is 141 Å². The van der Waals surface area contributed by atoms with Gasteiger partial charge in [-0.1, -0.05) is 44.3 Å². The average Bonchev–Trinajstić information content (AvgIpc) is 1.82. The number of nitrogens with zero attached hydrogens (tertiary/aromatic N) is 13. The van der Waals surface area contributed by atoms with Crippen LogP contribution in [0.5, 0.6) is 0 Å². The topological polar surface area (TPSA) is 389 Å². The van der Waals surface area contributed by atoms with Gasteiger partial charge in [0.2, 0.25) is 0 Å². The minimum Gasteiger partial charge on any atom is -0.393 e. The van der Waals surface area contributed by atoms with E-state index in [1.165, 1.54) is 25.3 Å². The number of nitrogens with two attached hydrogens (primary N) is 3. The Labute approximate surface area is 557 Å². The first-order valence-corrected chi connectivity index (χ1v) is 33.7. The summed E-state index contributed by atoms with van der Waals surface area (Å²) in [7, 11) is -0.120. The third-order valence-corrected chi connectivity index (χ3v) is 20.7. The summed E-state index contributed by atoms with van der Waals surface area (Å²) in [6.07, 6.45) is 25.3. The number of aldehydes is 1. The van der Waals surface area contributed by atoms with Crippen LogP contribution in [-0.2, 0) is 34.4 Å². The molecule has 87 heavy (non-hydrogen) atoms. The number of carbonyl (C=O) groups is 1. The van der Waals surface area contributed by atoms with E-state index in [1.807, 2.05) is 83.3 Å². The van der Waals surface area contributed by atoms with E-state index in [0.717, 1.165) is 47.1 Å². The van der Waals surface area contributed by atoms with Crippen LogP contribution in [0.2, 0.25) is 0 Å². The van der Waals surface area contributed by atoms with Crippen molar-refractivity contribution in [3.8, 4) is 12.3 Å². The molecule has 4 fully saturated rings. The molecule has 0 aromatic carbocycles. The lowest BCUT2D eigenvalue weighted by Gasteiger charge is -2.28. The highest BCUT2D eigenvalue weighted by molar-refractivity contribution is 14.1. The molecule has 10 atom stereocenters. The molecule has 468 valence electrons. The quantitative estimate of drug-likeness (QED) is 0.0411. The normalized spacial score (nSPS) is 26.4. The summed E-state index contributed by atoms with van der Waals surface area (Å²) in [6, 6.07) is 0. The van der Waals surface area contributed by atoms with Crippen LogP contribution in [0.3, 0.4) is 0 Å². The van der Waals surface area contributed by atoms with Crippen LogP contribution in [0.25, 0.3) is 44.1 Å². The lowest BCUT2D eigenvalue weighted by atomic mass is 9.90. The molecular weight excluding hydrogens is 1600 g/mol. The summed E-state index contributed by atoms with van der Waals surface area (Å²) in [6.45, 7) is 6.45. The first-order valence-electron chi connectivity index (χ1n) is 27.4. The highest BCUT2D eigenvalue weighted by Gasteiger charge is 2.50. The first-order chi connectivity index (χ1) is 41.5. The van der Waals surface area contributed by atoms with Gasteiger partial charge in [0.05, 0.1) is 61.2 Å². The zero-order chi connectivity index (χ0) is 63.1. The molecule has 27 nitrogen and oxygen atoms in total. The largest absolute Gasteiger partial charge is 0.393 e. The van der Waals surface area contributed by atoms with Crippen LogP contribution in [0.1, 0.15) is 78.3 Å². The highest BCUT2D eigenvalue weighted by Crippen LogP contribution is 2.47. The molecular formula is C55H68I4N16O11S. The predicted octanol–water partition coefficient (Wildman–Crippen LogP) is 5.54. The van der Waals surface area contributed by atoms with Gasteiger partial charge >= 0.3 is 0 Å². The van der Waals surface area contributed by atoms with Gasteiger partial charge in [-0.3, -0.25) is 0 Å². The number of aliphatic hydroxyl groups excluding tert-OH is 6. The lowest BCUT2D eigenvalue weighted by Crippen LogP contribution is -2.42. The molecule has 32 heteroatoms. The number of ether oxygens (including phenoxy) is 4. The Bertz CT molecular complexity index is 3890. The number of aliphatic hydroxyl groups is 6. The number of halogens is 4. The number of hydrogen-bond acceptors (Lipinski definition) is 23. The molecule has 0 unspecified atom stereocenters. The summed E-state index contributed by atoms with van der Waals surface area (Å²) in [5.41, 5.74) is 16.7. The van der Waals surface area contributed by atoms with Crippen molar-refractivity contribution in [3.63, 3.8) is 0 Å². The van der Waals surface area contributed by atoms with Crippen molar-refractivity contribution in [2.24, 2.45) is 28.0 Å². The molecule has 0 aliphatic carbocycles. The molecule has 0 saturated carbocycles. The number of carbonyl (C=O) groups excluding carboxylic acids is 1. The van der Waals surface area contributed by atoms with E-state index >= 15 is 0 Å². The van der Waals surface area contributed by atoms with Crippen molar-refractivity contribution in [1.82, 2.24) is 58.1 Å². The van der Waals surface area contributed by atoms with E-state index in [-0.39, 0.29) is 98.9 Å². The Balaban J connectivity index is 0.000000139. The molecule has 12 heterocycles. The summed E-state index contributed by atoms with van der Waals surface area (Å²) < 4.78 is 39.9. The van der Waals surface area contributed by atoms with Crippen molar-refractivity contribution >= 4 is 175 Å². The Kier molecular flexibility index (Phi) is 21.1. The maximum Gasteiger partial charge on any atom is 0.172 e. The SMILES string of the molecule is C#C[C@]1(CO)O[C@@H](n2cc(I)c3c(N)ncnc32)C[C@@H]1C.C[C@H]1C[C@H](n2cc(I)c3c(N)ncnc32)OC1(CO)CO.C[C@H]1C[C@H](n2cc(I)c3c(N)ncnc32)O[C@]1(C=O)CO.C[C@H]1C[C@H](n2cc(I)c3c(N=S(C)C)ncnc32)OC1(CO)CO.